The van der Waals surface area contributed by atoms with Crippen LogP contribution in [-0.4, -0.2) is 38.2 Å². The smallest absolute Gasteiger partial charge is 0.321 e. The molecule has 0 radical (unpaired) electrons. The number of hydrogen-bond donors (Lipinski definition) is 3. The average molecular weight is 391 g/mol. The van der Waals surface area contributed by atoms with Crippen LogP contribution < -0.4 is 26.0 Å². The van der Waals surface area contributed by atoms with Gasteiger partial charge in [-0.1, -0.05) is 6.07 Å². The predicted molar refractivity (Wildman–Crippen MR) is 108 cm³/mol. The highest BCUT2D eigenvalue weighted by atomic mass is 35.5. The normalized spacial score (nSPS) is 13.4. The quantitative estimate of drug-likeness (QED) is 0.706. The van der Waals surface area contributed by atoms with Gasteiger partial charge in [0.2, 0.25) is 0 Å². The Labute approximate surface area is 164 Å². The fourth-order valence-corrected chi connectivity index (χ4v) is 2.71. The van der Waals surface area contributed by atoms with Crippen LogP contribution in [0.2, 0.25) is 0 Å². The zero-order chi connectivity index (χ0) is 18.4. The van der Waals surface area contributed by atoms with Crippen molar-refractivity contribution in [1.29, 1.82) is 0 Å². The molecule has 0 atom stereocenters. The number of carbonyl (C=O) groups is 2. The van der Waals surface area contributed by atoms with E-state index >= 15 is 0 Å². The maximum absolute atomic E-state index is 12.5. The molecule has 0 saturated carbocycles. The predicted octanol–water partition coefficient (Wildman–Crippen LogP) is 2.62. The van der Waals surface area contributed by atoms with Crippen LogP contribution in [0.4, 0.5) is 16.2 Å². The fraction of sp³-hybridized carbons (Fsp3) is 0.263. The molecule has 2 aromatic rings. The minimum atomic E-state index is -0.236. The molecular weight excluding hydrogens is 368 g/mol. The summed E-state index contributed by atoms with van der Waals surface area (Å²) < 4.78 is 5.41. The van der Waals surface area contributed by atoms with Crippen molar-refractivity contribution < 1.29 is 14.3 Å². The van der Waals surface area contributed by atoms with Crippen LogP contribution in [0, 0.1) is 0 Å². The molecule has 0 bridgehead atoms. The monoisotopic (exact) mass is 390 g/mol. The molecule has 144 valence electrons. The first-order valence-electron chi connectivity index (χ1n) is 8.57. The summed E-state index contributed by atoms with van der Waals surface area (Å²) >= 11 is 0. The fourth-order valence-electron chi connectivity index (χ4n) is 2.71. The third-order valence-electron chi connectivity index (χ3n) is 4.00. The number of anilines is 2. The molecule has 3 rings (SSSR count). The van der Waals surface area contributed by atoms with Crippen molar-refractivity contribution in [2.75, 3.05) is 36.5 Å². The van der Waals surface area contributed by atoms with Crippen molar-refractivity contribution in [3.63, 3.8) is 0 Å². The lowest BCUT2D eigenvalue weighted by Crippen LogP contribution is -2.46. The van der Waals surface area contributed by atoms with E-state index in [2.05, 4.69) is 10.6 Å². The van der Waals surface area contributed by atoms with Gasteiger partial charge in [0.15, 0.2) is 0 Å². The largest absolute Gasteiger partial charge is 0.492 e. The van der Waals surface area contributed by atoms with Gasteiger partial charge in [-0.2, -0.15) is 0 Å². The van der Waals surface area contributed by atoms with Gasteiger partial charge in [-0.05, 0) is 48.9 Å². The van der Waals surface area contributed by atoms with Crippen LogP contribution in [0.15, 0.2) is 48.5 Å². The Kier molecular flexibility index (Phi) is 7.45. The standard InChI is InChI=1S/C19H22N4O3.ClH/c20-9-12-26-17-7-5-15(6-8-17)22-18(24)14-3-1-4-16(13-14)23-11-2-10-21-19(23)25;/h1,3-8,13H,2,9-12,20H2,(H,21,25)(H,22,24);1H. The third-order valence-corrected chi connectivity index (χ3v) is 4.00. The molecule has 0 aromatic heterocycles. The summed E-state index contributed by atoms with van der Waals surface area (Å²) in [6.45, 7) is 2.22. The number of hydrogen-bond acceptors (Lipinski definition) is 4. The molecule has 1 heterocycles. The Morgan fingerprint density at radius 3 is 2.70 bits per heavy atom. The molecule has 8 heteroatoms. The molecule has 0 aliphatic carbocycles. The van der Waals surface area contributed by atoms with E-state index in [0.29, 0.717) is 48.9 Å². The van der Waals surface area contributed by atoms with Crippen molar-refractivity contribution in [1.82, 2.24) is 5.32 Å². The van der Waals surface area contributed by atoms with Crippen LogP contribution in [0.5, 0.6) is 5.75 Å². The number of halogens is 1. The van der Waals surface area contributed by atoms with E-state index in [9.17, 15) is 9.59 Å². The van der Waals surface area contributed by atoms with Crippen LogP contribution >= 0.6 is 12.4 Å². The molecule has 7 nitrogen and oxygen atoms in total. The van der Waals surface area contributed by atoms with Gasteiger partial charge in [0.1, 0.15) is 12.4 Å². The highest BCUT2D eigenvalue weighted by molar-refractivity contribution is 6.05. The molecule has 1 aliphatic heterocycles. The molecule has 4 N–H and O–H groups in total. The summed E-state index contributed by atoms with van der Waals surface area (Å²) in [5.41, 5.74) is 7.26. The van der Waals surface area contributed by atoms with Crippen LogP contribution in [-0.2, 0) is 0 Å². The minimum absolute atomic E-state index is 0. The highest BCUT2D eigenvalue weighted by Crippen LogP contribution is 2.20. The lowest BCUT2D eigenvalue weighted by molar-refractivity contribution is 0.102. The minimum Gasteiger partial charge on any atom is -0.492 e. The second kappa shape index (κ2) is 9.80. The van der Waals surface area contributed by atoms with Crippen LogP contribution in [0.25, 0.3) is 0 Å². The maximum Gasteiger partial charge on any atom is 0.321 e. The molecule has 1 aliphatic rings. The van der Waals surface area contributed by atoms with Gasteiger partial charge in [0.25, 0.3) is 5.91 Å². The number of nitrogens with two attached hydrogens (primary N) is 1. The van der Waals surface area contributed by atoms with E-state index in [0.717, 1.165) is 6.42 Å². The first kappa shape index (κ1) is 20.5. The van der Waals surface area contributed by atoms with Crippen molar-refractivity contribution in [3.05, 3.63) is 54.1 Å². The molecule has 3 amide bonds. The van der Waals surface area contributed by atoms with E-state index in [4.69, 9.17) is 10.5 Å². The van der Waals surface area contributed by atoms with Gasteiger partial charge >= 0.3 is 6.03 Å². The molecule has 0 unspecified atom stereocenters. The van der Waals surface area contributed by atoms with Gasteiger partial charge in [0.05, 0.1) is 0 Å². The zero-order valence-corrected chi connectivity index (χ0v) is 15.6. The van der Waals surface area contributed by atoms with E-state index in [-0.39, 0.29) is 24.3 Å². The summed E-state index contributed by atoms with van der Waals surface area (Å²) in [6, 6.07) is 14.0. The average Bonchev–Trinajstić information content (AvgIpc) is 2.68. The first-order chi connectivity index (χ1) is 12.7. The Bertz CT molecular complexity index is 783. The highest BCUT2D eigenvalue weighted by Gasteiger charge is 2.20. The van der Waals surface area contributed by atoms with Gasteiger partial charge in [-0.3, -0.25) is 9.69 Å². The van der Waals surface area contributed by atoms with E-state index in [1.165, 1.54) is 0 Å². The van der Waals surface area contributed by atoms with Crippen molar-refractivity contribution in [2.45, 2.75) is 6.42 Å². The molecular formula is C19H23ClN4O3. The summed E-state index contributed by atoms with van der Waals surface area (Å²) in [7, 11) is 0. The number of nitrogens with one attached hydrogen (secondary N) is 2. The maximum atomic E-state index is 12.5. The second-order valence-corrected chi connectivity index (χ2v) is 5.90. The Balaban J connectivity index is 0.00000261. The zero-order valence-electron chi connectivity index (χ0n) is 14.8. The number of rotatable bonds is 6. The Morgan fingerprint density at radius 2 is 2.00 bits per heavy atom. The Hall–Kier alpha value is -2.77. The summed E-state index contributed by atoms with van der Waals surface area (Å²) in [5.74, 6) is 0.464. The number of benzene rings is 2. The number of nitrogens with zero attached hydrogens (tertiary/aromatic N) is 1. The number of ether oxygens (including phenoxy) is 1. The van der Waals surface area contributed by atoms with Gasteiger partial charge in [0, 0.05) is 36.6 Å². The van der Waals surface area contributed by atoms with Crippen LogP contribution in [0.1, 0.15) is 16.8 Å². The molecule has 0 spiro atoms. The summed E-state index contributed by atoms with van der Waals surface area (Å²) in [5, 5.41) is 5.65. The third kappa shape index (κ3) is 5.35. The molecule has 27 heavy (non-hydrogen) atoms. The van der Waals surface area contributed by atoms with Crippen molar-refractivity contribution in [3.8, 4) is 5.75 Å². The number of amides is 3. The van der Waals surface area contributed by atoms with E-state index in [1.807, 2.05) is 6.07 Å². The summed E-state index contributed by atoms with van der Waals surface area (Å²) in [6.07, 6.45) is 0.876. The Morgan fingerprint density at radius 1 is 1.22 bits per heavy atom. The number of carbonyl (C=O) groups excluding carboxylic acids is 2. The molecule has 2 aromatic carbocycles. The number of urea groups is 1. The molecule has 1 saturated heterocycles. The topological polar surface area (TPSA) is 96.7 Å². The van der Waals surface area contributed by atoms with Gasteiger partial charge in [-0.25, -0.2) is 4.79 Å². The lowest BCUT2D eigenvalue weighted by atomic mass is 10.1. The van der Waals surface area contributed by atoms with E-state index in [1.54, 1.807) is 47.4 Å². The second-order valence-electron chi connectivity index (χ2n) is 5.90. The van der Waals surface area contributed by atoms with Crippen LogP contribution in [0.3, 0.4) is 0 Å². The van der Waals surface area contributed by atoms with Gasteiger partial charge in [-0.15, -0.1) is 12.4 Å². The van der Waals surface area contributed by atoms with Crippen molar-refractivity contribution in [2.24, 2.45) is 5.73 Å². The molecule has 1 fully saturated rings. The van der Waals surface area contributed by atoms with E-state index < -0.39 is 0 Å². The first-order valence-corrected chi connectivity index (χ1v) is 8.57. The lowest BCUT2D eigenvalue weighted by Gasteiger charge is -2.27. The summed E-state index contributed by atoms with van der Waals surface area (Å²) in [4.78, 5) is 26.1. The SMILES string of the molecule is Cl.NCCOc1ccc(NC(=O)c2cccc(N3CCCNC3=O)c2)cc1. The van der Waals surface area contributed by atoms with Gasteiger partial charge < -0.3 is 21.1 Å². The van der Waals surface area contributed by atoms with Crippen molar-refractivity contribution >= 4 is 35.7 Å².